The van der Waals surface area contributed by atoms with Gasteiger partial charge in [0, 0.05) is 12.4 Å². The standard InChI is InChI=1S/C19H19NO4/c1-20(11-12-23-16-9-7-15(22-2)8-10-16)19(21)18-13-14-5-3-4-6-17(14)24-18/h3-10,13H,11-12H2,1-2H3. The Morgan fingerprint density at radius 2 is 1.79 bits per heavy atom. The van der Waals surface area contributed by atoms with Crippen LogP contribution in [0.3, 0.4) is 0 Å². The van der Waals surface area contributed by atoms with Crippen molar-refractivity contribution in [2.24, 2.45) is 0 Å². The first kappa shape index (κ1) is 15.9. The Bertz CT molecular complexity index is 790. The molecule has 5 heteroatoms. The van der Waals surface area contributed by atoms with E-state index >= 15 is 0 Å². The molecule has 0 spiro atoms. The maximum absolute atomic E-state index is 12.4. The van der Waals surface area contributed by atoms with Crippen LogP contribution in [0.1, 0.15) is 10.6 Å². The van der Waals surface area contributed by atoms with Crippen molar-refractivity contribution in [3.63, 3.8) is 0 Å². The fourth-order valence-corrected chi connectivity index (χ4v) is 2.35. The van der Waals surface area contributed by atoms with Crippen molar-refractivity contribution in [3.8, 4) is 11.5 Å². The van der Waals surface area contributed by atoms with Gasteiger partial charge < -0.3 is 18.8 Å². The van der Waals surface area contributed by atoms with Crippen molar-refractivity contribution < 1.29 is 18.7 Å². The van der Waals surface area contributed by atoms with Crippen molar-refractivity contribution in [2.45, 2.75) is 0 Å². The molecule has 0 unspecified atom stereocenters. The number of fused-ring (bicyclic) bond motifs is 1. The molecule has 5 nitrogen and oxygen atoms in total. The molecular weight excluding hydrogens is 306 g/mol. The molecule has 0 saturated carbocycles. The Labute approximate surface area is 140 Å². The van der Waals surface area contributed by atoms with Crippen molar-refractivity contribution >= 4 is 16.9 Å². The van der Waals surface area contributed by atoms with E-state index in [0.29, 0.717) is 24.5 Å². The number of hydrogen-bond donors (Lipinski definition) is 0. The first-order chi connectivity index (χ1) is 11.7. The van der Waals surface area contributed by atoms with E-state index in [-0.39, 0.29) is 5.91 Å². The number of carbonyl (C=O) groups excluding carboxylic acids is 1. The van der Waals surface area contributed by atoms with Crippen molar-refractivity contribution in [1.82, 2.24) is 4.90 Å². The van der Waals surface area contributed by atoms with Gasteiger partial charge in [0.15, 0.2) is 5.76 Å². The molecule has 0 atom stereocenters. The predicted molar refractivity (Wildman–Crippen MR) is 91.7 cm³/mol. The largest absolute Gasteiger partial charge is 0.497 e. The molecule has 3 aromatic rings. The summed E-state index contributed by atoms with van der Waals surface area (Å²) in [6.45, 7) is 0.858. The predicted octanol–water partition coefficient (Wildman–Crippen LogP) is 3.59. The number of methoxy groups -OCH3 is 1. The van der Waals surface area contributed by atoms with Crippen LogP contribution in [0.15, 0.2) is 59.0 Å². The average Bonchev–Trinajstić information content (AvgIpc) is 3.05. The second kappa shape index (κ2) is 7.08. The number of amides is 1. The van der Waals surface area contributed by atoms with Crippen molar-refractivity contribution in [2.75, 3.05) is 27.3 Å². The molecule has 1 aromatic heterocycles. The third kappa shape index (κ3) is 3.51. The van der Waals surface area contributed by atoms with Gasteiger partial charge in [-0.3, -0.25) is 4.79 Å². The van der Waals surface area contributed by atoms with E-state index in [4.69, 9.17) is 13.9 Å². The zero-order valence-corrected chi connectivity index (χ0v) is 13.7. The van der Waals surface area contributed by atoms with Crippen molar-refractivity contribution in [1.29, 1.82) is 0 Å². The summed E-state index contributed by atoms with van der Waals surface area (Å²) in [7, 11) is 3.35. The summed E-state index contributed by atoms with van der Waals surface area (Å²) in [5.74, 6) is 1.69. The second-order valence-electron chi connectivity index (χ2n) is 5.40. The van der Waals surface area contributed by atoms with Gasteiger partial charge in [-0.1, -0.05) is 18.2 Å². The molecule has 0 aliphatic heterocycles. The summed E-state index contributed by atoms with van der Waals surface area (Å²) in [5, 5.41) is 0.920. The number of furan rings is 1. The minimum absolute atomic E-state index is 0.162. The summed E-state index contributed by atoms with van der Waals surface area (Å²) in [4.78, 5) is 14.0. The molecule has 0 aliphatic carbocycles. The lowest BCUT2D eigenvalue weighted by atomic mass is 10.2. The number of hydrogen-bond acceptors (Lipinski definition) is 4. The van der Waals surface area contributed by atoms with Crippen LogP contribution in [0, 0.1) is 0 Å². The SMILES string of the molecule is COc1ccc(OCCN(C)C(=O)c2cc3ccccc3o2)cc1. The van der Waals surface area contributed by atoms with Gasteiger partial charge in [-0.25, -0.2) is 0 Å². The van der Waals surface area contributed by atoms with Crippen LogP contribution in [0.5, 0.6) is 11.5 Å². The van der Waals surface area contributed by atoms with Crippen LogP contribution < -0.4 is 9.47 Å². The van der Waals surface area contributed by atoms with E-state index in [1.165, 1.54) is 0 Å². The Balaban J connectivity index is 1.55. The molecule has 0 saturated heterocycles. The quantitative estimate of drug-likeness (QED) is 0.695. The summed E-state index contributed by atoms with van der Waals surface area (Å²) < 4.78 is 16.3. The third-order valence-electron chi connectivity index (χ3n) is 3.74. The number of likely N-dealkylation sites (N-methyl/N-ethyl adjacent to an activating group) is 1. The summed E-state index contributed by atoms with van der Waals surface area (Å²) in [5.41, 5.74) is 0.712. The normalized spacial score (nSPS) is 10.6. The van der Waals surface area contributed by atoms with Gasteiger partial charge in [0.2, 0.25) is 0 Å². The molecule has 24 heavy (non-hydrogen) atoms. The number of nitrogens with zero attached hydrogens (tertiary/aromatic N) is 1. The van der Waals surface area contributed by atoms with Crippen LogP contribution in [0.2, 0.25) is 0 Å². The van der Waals surface area contributed by atoms with Gasteiger partial charge in [0.05, 0.1) is 13.7 Å². The van der Waals surface area contributed by atoms with Gasteiger partial charge in [-0.2, -0.15) is 0 Å². The van der Waals surface area contributed by atoms with Gasteiger partial charge >= 0.3 is 0 Å². The number of rotatable bonds is 6. The highest BCUT2D eigenvalue weighted by atomic mass is 16.5. The highest BCUT2D eigenvalue weighted by Gasteiger charge is 2.16. The smallest absolute Gasteiger partial charge is 0.289 e. The van der Waals surface area contributed by atoms with E-state index in [1.54, 1.807) is 25.1 Å². The van der Waals surface area contributed by atoms with E-state index in [2.05, 4.69) is 0 Å². The molecule has 0 radical (unpaired) electrons. The molecule has 3 rings (SSSR count). The molecule has 0 bridgehead atoms. The number of para-hydroxylation sites is 1. The summed E-state index contributed by atoms with van der Waals surface area (Å²) >= 11 is 0. The fourth-order valence-electron chi connectivity index (χ4n) is 2.35. The first-order valence-electron chi connectivity index (χ1n) is 7.68. The minimum Gasteiger partial charge on any atom is -0.497 e. The van der Waals surface area contributed by atoms with Crippen LogP contribution >= 0.6 is 0 Å². The van der Waals surface area contributed by atoms with Gasteiger partial charge in [-0.15, -0.1) is 0 Å². The molecule has 2 aromatic carbocycles. The van der Waals surface area contributed by atoms with Crippen LogP contribution in [0.4, 0.5) is 0 Å². The van der Waals surface area contributed by atoms with Gasteiger partial charge in [0.1, 0.15) is 23.7 Å². The van der Waals surface area contributed by atoms with Gasteiger partial charge in [0.25, 0.3) is 5.91 Å². The Morgan fingerprint density at radius 1 is 1.08 bits per heavy atom. The topological polar surface area (TPSA) is 51.9 Å². The molecule has 0 fully saturated rings. The zero-order valence-electron chi connectivity index (χ0n) is 13.7. The lowest BCUT2D eigenvalue weighted by Crippen LogP contribution is -2.30. The Hall–Kier alpha value is -2.95. The maximum atomic E-state index is 12.4. The lowest BCUT2D eigenvalue weighted by molar-refractivity contribution is 0.0745. The summed E-state index contributed by atoms with van der Waals surface area (Å²) in [6.07, 6.45) is 0. The highest BCUT2D eigenvalue weighted by Crippen LogP contribution is 2.20. The molecular formula is C19H19NO4. The van der Waals surface area contributed by atoms with E-state index in [9.17, 15) is 4.79 Å². The molecule has 0 N–H and O–H groups in total. The zero-order chi connectivity index (χ0) is 16.9. The molecule has 1 heterocycles. The fraction of sp³-hybridized carbons (Fsp3) is 0.211. The average molecular weight is 325 g/mol. The van der Waals surface area contributed by atoms with Crippen LogP contribution in [-0.2, 0) is 0 Å². The molecule has 0 aliphatic rings. The first-order valence-corrected chi connectivity index (χ1v) is 7.68. The second-order valence-corrected chi connectivity index (χ2v) is 5.40. The van der Waals surface area contributed by atoms with E-state index < -0.39 is 0 Å². The lowest BCUT2D eigenvalue weighted by Gasteiger charge is -2.16. The van der Waals surface area contributed by atoms with Gasteiger partial charge in [-0.05, 0) is 36.4 Å². The third-order valence-corrected chi connectivity index (χ3v) is 3.74. The van der Waals surface area contributed by atoms with E-state index in [0.717, 1.165) is 16.9 Å². The number of ether oxygens (including phenoxy) is 2. The Morgan fingerprint density at radius 3 is 2.50 bits per heavy atom. The summed E-state index contributed by atoms with van der Waals surface area (Å²) in [6, 6.07) is 16.7. The van der Waals surface area contributed by atoms with Crippen LogP contribution in [-0.4, -0.2) is 38.1 Å². The number of carbonyl (C=O) groups is 1. The highest BCUT2D eigenvalue weighted by molar-refractivity contribution is 5.95. The van der Waals surface area contributed by atoms with E-state index in [1.807, 2.05) is 48.5 Å². The minimum atomic E-state index is -0.162. The monoisotopic (exact) mass is 325 g/mol. The van der Waals surface area contributed by atoms with Crippen molar-refractivity contribution in [3.05, 3.63) is 60.4 Å². The maximum Gasteiger partial charge on any atom is 0.289 e. The van der Waals surface area contributed by atoms with Crippen LogP contribution in [0.25, 0.3) is 11.0 Å². The molecule has 1 amide bonds. The molecule has 124 valence electrons. The Kier molecular flexibility index (Phi) is 4.70. The number of benzene rings is 2.